The van der Waals surface area contributed by atoms with Gasteiger partial charge in [-0.05, 0) is 30.4 Å². The number of benzene rings is 1. The Balaban J connectivity index is 1.53. The molecule has 1 aromatic heterocycles. The standard InChI is InChI=1S/C17H20N2OS/c1-2-16-19-13(11-21-16)9-10-18-17(20)15-8-7-12-5-3-4-6-14(12)15/h3-6,11,15H,2,7-10H2,1H3,(H,18,20). The lowest BCUT2D eigenvalue weighted by Gasteiger charge is -2.11. The topological polar surface area (TPSA) is 42.0 Å². The van der Waals surface area contributed by atoms with Crippen LogP contribution >= 0.6 is 11.3 Å². The van der Waals surface area contributed by atoms with Crippen LogP contribution in [0, 0.1) is 0 Å². The van der Waals surface area contributed by atoms with E-state index < -0.39 is 0 Å². The minimum absolute atomic E-state index is 0.0304. The molecule has 1 amide bonds. The van der Waals surface area contributed by atoms with Gasteiger partial charge in [-0.3, -0.25) is 4.79 Å². The zero-order chi connectivity index (χ0) is 14.7. The Morgan fingerprint density at radius 3 is 3.10 bits per heavy atom. The molecule has 2 aromatic rings. The molecule has 1 atom stereocenters. The van der Waals surface area contributed by atoms with Gasteiger partial charge in [0.15, 0.2) is 0 Å². The first-order valence-corrected chi connectivity index (χ1v) is 8.44. The van der Waals surface area contributed by atoms with Crippen molar-refractivity contribution < 1.29 is 4.79 Å². The van der Waals surface area contributed by atoms with Gasteiger partial charge in [0.1, 0.15) is 0 Å². The zero-order valence-electron chi connectivity index (χ0n) is 12.3. The lowest BCUT2D eigenvalue weighted by Crippen LogP contribution is -2.30. The number of amides is 1. The van der Waals surface area contributed by atoms with Gasteiger partial charge in [-0.15, -0.1) is 11.3 Å². The highest BCUT2D eigenvalue weighted by molar-refractivity contribution is 7.09. The van der Waals surface area contributed by atoms with Crippen LogP contribution in [-0.2, 0) is 24.1 Å². The van der Waals surface area contributed by atoms with Gasteiger partial charge in [-0.25, -0.2) is 4.98 Å². The third kappa shape index (κ3) is 3.16. The summed E-state index contributed by atoms with van der Waals surface area (Å²) in [7, 11) is 0. The van der Waals surface area contributed by atoms with Gasteiger partial charge in [0.05, 0.1) is 16.6 Å². The highest BCUT2D eigenvalue weighted by Crippen LogP contribution is 2.32. The molecule has 0 saturated carbocycles. The predicted molar refractivity (Wildman–Crippen MR) is 85.7 cm³/mol. The number of nitrogens with zero attached hydrogens (tertiary/aromatic N) is 1. The molecule has 3 nitrogen and oxygen atoms in total. The van der Waals surface area contributed by atoms with E-state index in [1.807, 2.05) is 12.1 Å². The van der Waals surface area contributed by atoms with E-state index in [-0.39, 0.29) is 11.8 Å². The van der Waals surface area contributed by atoms with Crippen molar-refractivity contribution in [2.75, 3.05) is 6.54 Å². The zero-order valence-corrected chi connectivity index (χ0v) is 13.1. The maximum absolute atomic E-state index is 12.3. The highest BCUT2D eigenvalue weighted by atomic mass is 32.1. The second kappa shape index (κ2) is 6.39. The van der Waals surface area contributed by atoms with Crippen molar-refractivity contribution in [2.24, 2.45) is 0 Å². The molecule has 4 heteroatoms. The third-order valence-corrected chi connectivity index (χ3v) is 5.07. The first-order chi connectivity index (χ1) is 10.3. The Labute approximate surface area is 129 Å². The van der Waals surface area contributed by atoms with Crippen LogP contribution in [0.25, 0.3) is 0 Å². The predicted octanol–water partition coefficient (Wildman–Crippen LogP) is 3.09. The second-order valence-corrected chi connectivity index (χ2v) is 6.36. The summed E-state index contributed by atoms with van der Waals surface area (Å²) in [5.74, 6) is 0.189. The number of hydrogen-bond donors (Lipinski definition) is 1. The van der Waals surface area contributed by atoms with Crippen molar-refractivity contribution in [3.05, 3.63) is 51.5 Å². The summed E-state index contributed by atoms with van der Waals surface area (Å²) in [4.78, 5) is 16.9. The molecule has 0 radical (unpaired) electrons. The molecule has 1 aliphatic carbocycles. The lowest BCUT2D eigenvalue weighted by molar-refractivity contribution is -0.122. The summed E-state index contributed by atoms with van der Waals surface area (Å²) in [5.41, 5.74) is 3.62. The first-order valence-electron chi connectivity index (χ1n) is 7.56. The second-order valence-electron chi connectivity index (χ2n) is 5.42. The minimum atomic E-state index is 0.0304. The molecule has 0 bridgehead atoms. The van der Waals surface area contributed by atoms with Gasteiger partial charge < -0.3 is 5.32 Å². The van der Waals surface area contributed by atoms with Crippen LogP contribution in [0.2, 0.25) is 0 Å². The maximum Gasteiger partial charge on any atom is 0.227 e. The summed E-state index contributed by atoms with van der Waals surface area (Å²) in [6.45, 7) is 2.78. The van der Waals surface area contributed by atoms with E-state index in [1.165, 1.54) is 16.1 Å². The van der Waals surface area contributed by atoms with E-state index in [9.17, 15) is 4.79 Å². The molecular weight excluding hydrogens is 280 g/mol. The molecule has 21 heavy (non-hydrogen) atoms. The summed E-state index contributed by atoms with van der Waals surface area (Å²) in [6, 6.07) is 8.28. The Bertz CT molecular complexity index is 635. The van der Waals surface area contributed by atoms with Crippen molar-refractivity contribution in [3.8, 4) is 0 Å². The van der Waals surface area contributed by atoms with Crippen LogP contribution in [0.4, 0.5) is 0 Å². The summed E-state index contributed by atoms with van der Waals surface area (Å²) >= 11 is 1.70. The molecule has 0 fully saturated rings. The number of hydrogen-bond acceptors (Lipinski definition) is 3. The van der Waals surface area contributed by atoms with Crippen molar-refractivity contribution in [2.45, 2.75) is 38.5 Å². The quantitative estimate of drug-likeness (QED) is 0.922. The van der Waals surface area contributed by atoms with Gasteiger partial charge in [0.2, 0.25) is 5.91 Å². The molecule has 110 valence electrons. The van der Waals surface area contributed by atoms with Gasteiger partial charge in [0.25, 0.3) is 0 Å². The number of nitrogens with one attached hydrogen (secondary N) is 1. The van der Waals surface area contributed by atoms with Gasteiger partial charge in [-0.2, -0.15) is 0 Å². The number of rotatable bonds is 5. The lowest BCUT2D eigenvalue weighted by atomic mass is 10.0. The summed E-state index contributed by atoms with van der Waals surface area (Å²) in [5, 5.41) is 6.33. The molecule has 0 aliphatic heterocycles. The molecule has 1 aromatic carbocycles. The van der Waals surface area contributed by atoms with Crippen molar-refractivity contribution in [1.82, 2.24) is 10.3 Å². The van der Waals surface area contributed by atoms with E-state index in [0.717, 1.165) is 31.4 Å². The molecule has 1 unspecified atom stereocenters. The Kier molecular flexibility index (Phi) is 4.34. The number of aryl methyl sites for hydroxylation is 2. The molecule has 1 aliphatic rings. The normalized spacial score (nSPS) is 16.7. The van der Waals surface area contributed by atoms with E-state index in [1.54, 1.807) is 11.3 Å². The van der Waals surface area contributed by atoms with E-state index in [0.29, 0.717) is 6.54 Å². The highest BCUT2D eigenvalue weighted by Gasteiger charge is 2.27. The van der Waals surface area contributed by atoms with Crippen LogP contribution in [0.15, 0.2) is 29.6 Å². The molecular formula is C17H20N2OS. The van der Waals surface area contributed by atoms with Crippen LogP contribution in [-0.4, -0.2) is 17.4 Å². The number of carbonyl (C=O) groups is 1. The minimum Gasteiger partial charge on any atom is -0.355 e. The van der Waals surface area contributed by atoms with E-state index in [2.05, 4.69) is 34.7 Å². The average Bonchev–Trinajstić information content (AvgIpc) is 3.13. The molecule has 1 heterocycles. The Morgan fingerprint density at radius 2 is 2.29 bits per heavy atom. The number of thiazole rings is 1. The maximum atomic E-state index is 12.3. The molecule has 3 rings (SSSR count). The SMILES string of the molecule is CCc1nc(CCNC(=O)C2CCc3ccccc32)cs1. The van der Waals surface area contributed by atoms with Gasteiger partial charge >= 0.3 is 0 Å². The van der Waals surface area contributed by atoms with Crippen molar-refractivity contribution in [1.29, 1.82) is 0 Å². The van der Waals surface area contributed by atoms with E-state index >= 15 is 0 Å². The van der Waals surface area contributed by atoms with Crippen LogP contribution < -0.4 is 5.32 Å². The number of aromatic nitrogens is 1. The van der Waals surface area contributed by atoms with Gasteiger partial charge in [-0.1, -0.05) is 31.2 Å². The fourth-order valence-corrected chi connectivity index (χ4v) is 3.67. The number of fused-ring (bicyclic) bond motifs is 1. The fourth-order valence-electron chi connectivity index (χ4n) is 2.89. The smallest absolute Gasteiger partial charge is 0.227 e. The Morgan fingerprint density at radius 1 is 1.43 bits per heavy atom. The largest absolute Gasteiger partial charge is 0.355 e. The van der Waals surface area contributed by atoms with Crippen LogP contribution in [0.1, 0.15) is 41.1 Å². The van der Waals surface area contributed by atoms with Crippen molar-refractivity contribution >= 4 is 17.2 Å². The average molecular weight is 300 g/mol. The summed E-state index contributed by atoms with van der Waals surface area (Å²) in [6.07, 6.45) is 3.74. The Hall–Kier alpha value is -1.68. The first kappa shape index (κ1) is 14.3. The van der Waals surface area contributed by atoms with Crippen molar-refractivity contribution in [3.63, 3.8) is 0 Å². The van der Waals surface area contributed by atoms with E-state index in [4.69, 9.17) is 0 Å². The third-order valence-electron chi connectivity index (χ3n) is 4.03. The molecule has 0 spiro atoms. The van der Waals surface area contributed by atoms with Gasteiger partial charge in [0, 0.05) is 18.3 Å². The molecule has 1 N–H and O–H groups in total. The van der Waals surface area contributed by atoms with Crippen LogP contribution in [0.3, 0.4) is 0 Å². The molecule has 0 saturated heterocycles. The van der Waals surface area contributed by atoms with Crippen LogP contribution in [0.5, 0.6) is 0 Å². The monoisotopic (exact) mass is 300 g/mol. The fraction of sp³-hybridized carbons (Fsp3) is 0.412. The summed E-state index contributed by atoms with van der Waals surface area (Å²) < 4.78 is 0. The number of carbonyl (C=O) groups excluding carboxylic acids is 1.